The van der Waals surface area contributed by atoms with Gasteiger partial charge in [-0.2, -0.15) is 0 Å². The van der Waals surface area contributed by atoms with E-state index in [1.54, 1.807) is 0 Å². The molecule has 25 heavy (non-hydrogen) atoms. The fraction of sp³-hybridized carbons (Fsp3) is 0.944. The highest BCUT2D eigenvalue weighted by Gasteiger charge is 2.09. The Morgan fingerprint density at radius 3 is 1.80 bits per heavy atom. The summed E-state index contributed by atoms with van der Waals surface area (Å²) in [5.74, 6) is -0.128. The van der Waals surface area contributed by atoms with Crippen LogP contribution in [0.3, 0.4) is 0 Å². The molecule has 0 aliphatic rings. The van der Waals surface area contributed by atoms with Crippen LogP contribution < -0.4 is 5.32 Å². The molecule has 0 aromatic carbocycles. The zero-order chi connectivity index (χ0) is 19.0. The van der Waals surface area contributed by atoms with Crippen molar-refractivity contribution in [2.24, 2.45) is 5.41 Å². The summed E-state index contributed by atoms with van der Waals surface area (Å²) < 4.78 is 26.8. The molecule has 0 spiro atoms. The van der Waals surface area contributed by atoms with Gasteiger partial charge in [-0.25, -0.2) is 0 Å². The summed E-state index contributed by atoms with van der Waals surface area (Å²) in [4.78, 5) is 11.4. The highest BCUT2D eigenvalue weighted by molar-refractivity contribution is 5.77. The molecule has 0 rings (SSSR count). The Labute approximate surface area is 152 Å². The number of nitrogens with one attached hydrogen (secondary N) is 1. The Hall–Kier alpha value is -0.730. The molecule has 0 atom stereocenters. The summed E-state index contributed by atoms with van der Waals surface area (Å²) in [5.41, 5.74) is 0.188. The van der Waals surface area contributed by atoms with E-state index in [-0.39, 0.29) is 24.0 Å². The van der Waals surface area contributed by atoms with E-state index in [9.17, 15) is 4.79 Å². The van der Waals surface area contributed by atoms with E-state index in [1.807, 2.05) is 13.8 Å². The van der Waals surface area contributed by atoms with Crippen molar-refractivity contribution in [3.8, 4) is 0 Å². The minimum atomic E-state index is -0.128. The second-order valence-corrected chi connectivity index (χ2v) is 7.16. The monoisotopic (exact) mass is 363 g/mol. The van der Waals surface area contributed by atoms with Gasteiger partial charge in [-0.05, 0) is 19.3 Å². The van der Waals surface area contributed by atoms with Gasteiger partial charge in [-0.15, -0.1) is 0 Å². The zero-order valence-electron chi connectivity index (χ0n) is 16.6. The first-order chi connectivity index (χ1) is 11.8. The van der Waals surface area contributed by atoms with E-state index in [0.717, 1.165) is 6.61 Å². The molecule has 1 N–H and O–H groups in total. The number of hydrogen-bond donors (Lipinski definition) is 1. The third kappa shape index (κ3) is 21.2. The van der Waals surface area contributed by atoms with E-state index in [2.05, 4.69) is 26.1 Å². The molecule has 7 nitrogen and oxygen atoms in total. The van der Waals surface area contributed by atoms with Crippen LogP contribution in [0, 0.1) is 5.41 Å². The summed E-state index contributed by atoms with van der Waals surface area (Å²) in [6, 6.07) is 0. The number of carbonyl (C=O) groups excluding carboxylic acids is 1. The van der Waals surface area contributed by atoms with Gasteiger partial charge in [0.25, 0.3) is 0 Å². The molecule has 150 valence electrons. The number of rotatable bonds is 16. The van der Waals surface area contributed by atoms with Crippen molar-refractivity contribution in [3.63, 3.8) is 0 Å². The molecule has 0 heterocycles. The minimum absolute atomic E-state index is 0.0548. The fourth-order valence-corrected chi connectivity index (χ4v) is 1.59. The van der Waals surface area contributed by atoms with Crippen molar-refractivity contribution in [2.75, 3.05) is 66.0 Å². The summed E-state index contributed by atoms with van der Waals surface area (Å²) in [6.07, 6.45) is 0.0548. The molecule has 0 bridgehead atoms. The molecule has 0 fully saturated rings. The van der Waals surface area contributed by atoms with E-state index in [4.69, 9.17) is 23.7 Å². The van der Waals surface area contributed by atoms with E-state index >= 15 is 0 Å². The van der Waals surface area contributed by atoms with Crippen molar-refractivity contribution in [2.45, 2.75) is 40.7 Å². The van der Waals surface area contributed by atoms with Crippen LogP contribution in [0.1, 0.15) is 34.6 Å². The average molecular weight is 363 g/mol. The fourth-order valence-electron chi connectivity index (χ4n) is 1.59. The minimum Gasteiger partial charge on any atom is -0.379 e. The van der Waals surface area contributed by atoms with Crippen LogP contribution in [-0.2, 0) is 28.5 Å². The van der Waals surface area contributed by atoms with E-state index in [0.29, 0.717) is 52.8 Å². The average Bonchev–Trinajstić information content (AvgIpc) is 2.52. The number of carbonyl (C=O) groups is 1. The predicted molar refractivity (Wildman–Crippen MR) is 96.8 cm³/mol. The second kappa shape index (κ2) is 15.5. The first-order valence-corrected chi connectivity index (χ1v) is 9.00. The molecule has 0 saturated carbocycles. The molecule has 0 saturated heterocycles. The Bertz CT molecular complexity index is 317. The Kier molecular flexibility index (Phi) is 15.1. The Morgan fingerprint density at radius 1 is 0.840 bits per heavy atom. The van der Waals surface area contributed by atoms with Crippen molar-refractivity contribution < 1.29 is 28.5 Å². The summed E-state index contributed by atoms with van der Waals surface area (Å²) in [7, 11) is 0. The summed E-state index contributed by atoms with van der Waals surface area (Å²) in [5, 5.41) is 2.72. The van der Waals surface area contributed by atoms with Gasteiger partial charge in [0.1, 0.15) is 6.61 Å². The largest absolute Gasteiger partial charge is 0.379 e. The van der Waals surface area contributed by atoms with Gasteiger partial charge in [0.15, 0.2) is 0 Å². The first kappa shape index (κ1) is 24.3. The van der Waals surface area contributed by atoms with Crippen LogP contribution in [-0.4, -0.2) is 78.0 Å². The summed E-state index contributed by atoms with van der Waals surface area (Å²) in [6.45, 7) is 15.2. The SMILES string of the molecule is CC(C)OCC(=O)NCCOCCOCCOCCOCC(C)(C)C. The third-order valence-corrected chi connectivity index (χ3v) is 2.77. The lowest BCUT2D eigenvalue weighted by Gasteiger charge is -2.17. The highest BCUT2D eigenvalue weighted by atomic mass is 16.6. The number of hydrogen-bond acceptors (Lipinski definition) is 6. The van der Waals surface area contributed by atoms with Crippen LogP contribution in [0.2, 0.25) is 0 Å². The van der Waals surface area contributed by atoms with Crippen molar-refractivity contribution in [1.29, 1.82) is 0 Å². The van der Waals surface area contributed by atoms with Gasteiger partial charge < -0.3 is 29.0 Å². The molecule has 1 amide bonds. The van der Waals surface area contributed by atoms with Crippen LogP contribution in [0.5, 0.6) is 0 Å². The van der Waals surface area contributed by atoms with Crippen LogP contribution in [0.15, 0.2) is 0 Å². The molecule has 0 aromatic rings. The maximum atomic E-state index is 11.4. The number of amides is 1. The van der Waals surface area contributed by atoms with Gasteiger partial charge in [-0.3, -0.25) is 4.79 Å². The van der Waals surface area contributed by atoms with Crippen LogP contribution >= 0.6 is 0 Å². The molecule has 0 aliphatic heterocycles. The normalized spacial score (nSPS) is 11.9. The maximum absolute atomic E-state index is 11.4. The quantitative estimate of drug-likeness (QED) is 0.420. The van der Waals surface area contributed by atoms with Crippen molar-refractivity contribution in [3.05, 3.63) is 0 Å². The van der Waals surface area contributed by atoms with Crippen molar-refractivity contribution in [1.82, 2.24) is 5.32 Å². The Morgan fingerprint density at radius 2 is 1.32 bits per heavy atom. The molecule has 0 aliphatic carbocycles. The second-order valence-electron chi connectivity index (χ2n) is 7.16. The van der Waals surface area contributed by atoms with Crippen LogP contribution in [0.4, 0.5) is 0 Å². The standard InChI is InChI=1S/C18H37NO6/c1-16(2)25-14-17(20)19-6-7-21-8-9-22-10-11-23-12-13-24-15-18(3,4)5/h16H,6-15H2,1-5H3,(H,19,20). The van der Waals surface area contributed by atoms with Crippen LogP contribution in [0.25, 0.3) is 0 Å². The molecule has 7 heteroatoms. The molecule has 0 aromatic heterocycles. The molecule has 0 unspecified atom stereocenters. The van der Waals surface area contributed by atoms with Gasteiger partial charge in [0, 0.05) is 6.54 Å². The molecular weight excluding hydrogens is 326 g/mol. The molecular formula is C18H37NO6. The number of ether oxygens (including phenoxy) is 5. The van der Waals surface area contributed by atoms with Gasteiger partial charge in [0.2, 0.25) is 5.91 Å². The lowest BCUT2D eigenvalue weighted by Crippen LogP contribution is -2.31. The van der Waals surface area contributed by atoms with Crippen molar-refractivity contribution >= 4 is 5.91 Å². The lowest BCUT2D eigenvalue weighted by molar-refractivity contribution is -0.127. The lowest BCUT2D eigenvalue weighted by atomic mass is 9.99. The smallest absolute Gasteiger partial charge is 0.246 e. The first-order valence-electron chi connectivity index (χ1n) is 9.00. The van der Waals surface area contributed by atoms with E-state index < -0.39 is 0 Å². The van der Waals surface area contributed by atoms with E-state index in [1.165, 1.54) is 0 Å². The maximum Gasteiger partial charge on any atom is 0.246 e. The Balaban J connectivity index is 3.15. The molecule has 0 radical (unpaired) electrons. The third-order valence-electron chi connectivity index (χ3n) is 2.77. The summed E-state index contributed by atoms with van der Waals surface area (Å²) >= 11 is 0. The van der Waals surface area contributed by atoms with Gasteiger partial charge in [-0.1, -0.05) is 20.8 Å². The topological polar surface area (TPSA) is 75.3 Å². The van der Waals surface area contributed by atoms with Gasteiger partial charge in [0.05, 0.1) is 59.0 Å². The predicted octanol–water partition coefficient (Wildman–Crippen LogP) is 1.64. The zero-order valence-corrected chi connectivity index (χ0v) is 16.6. The highest BCUT2D eigenvalue weighted by Crippen LogP contribution is 2.12. The van der Waals surface area contributed by atoms with Gasteiger partial charge >= 0.3 is 0 Å².